The van der Waals surface area contributed by atoms with Crippen molar-refractivity contribution in [2.75, 3.05) is 30.7 Å². The molecule has 0 aliphatic carbocycles. The van der Waals surface area contributed by atoms with Gasteiger partial charge in [0.1, 0.15) is 5.00 Å². The minimum Gasteiger partial charge on any atom is -0.453 e. The van der Waals surface area contributed by atoms with Crippen molar-refractivity contribution in [2.45, 2.75) is 17.9 Å². The number of thiophene rings is 1. The molecule has 0 spiro atoms. The Balaban J connectivity index is 1.64. The van der Waals surface area contributed by atoms with Gasteiger partial charge in [0, 0.05) is 18.5 Å². The van der Waals surface area contributed by atoms with E-state index in [1.807, 2.05) is 0 Å². The Bertz CT molecular complexity index is 1420. The van der Waals surface area contributed by atoms with Crippen LogP contribution in [0.3, 0.4) is 0 Å². The van der Waals surface area contributed by atoms with Crippen LogP contribution >= 0.6 is 11.3 Å². The maximum atomic E-state index is 13.3. The molecule has 2 aromatic carbocycles. The first-order valence-corrected chi connectivity index (χ1v) is 13.2. The van der Waals surface area contributed by atoms with Gasteiger partial charge in [0.25, 0.3) is 21.8 Å². The summed E-state index contributed by atoms with van der Waals surface area (Å²) in [5.41, 5.74) is 1.27. The Morgan fingerprint density at radius 3 is 2.39 bits per heavy atom. The number of anilines is 2. The molecule has 1 aliphatic rings. The first kappa shape index (κ1) is 25.2. The van der Waals surface area contributed by atoms with Crippen molar-refractivity contribution in [1.29, 1.82) is 0 Å². The molecule has 188 valence electrons. The van der Waals surface area contributed by atoms with Gasteiger partial charge < -0.3 is 20.3 Å². The number of carbonyl (C=O) groups excluding carboxylic acids is 3. The maximum absolute atomic E-state index is 13.3. The first-order chi connectivity index (χ1) is 17.2. The van der Waals surface area contributed by atoms with Crippen molar-refractivity contribution in [3.63, 3.8) is 0 Å². The summed E-state index contributed by atoms with van der Waals surface area (Å²) in [6.45, 7) is 0.623. The molecular weight excluding hydrogens is 504 g/mol. The van der Waals surface area contributed by atoms with Crippen molar-refractivity contribution >= 4 is 50.0 Å². The second-order valence-electron chi connectivity index (χ2n) is 7.85. The Hall–Kier alpha value is -3.90. The Labute approximate surface area is 212 Å². The van der Waals surface area contributed by atoms with E-state index in [-0.39, 0.29) is 28.6 Å². The number of hydrogen-bond acceptors (Lipinski definition) is 7. The van der Waals surface area contributed by atoms with Gasteiger partial charge in [-0.3, -0.25) is 14.3 Å². The van der Waals surface area contributed by atoms with Crippen LogP contribution in [0.2, 0.25) is 0 Å². The molecule has 3 aromatic rings. The van der Waals surface area contributed by atoms with Gasteiger partial charge in [0.15, 0.2) is 0 Å². The van der Waals surface area contributed by atoms with Gasteiger partial charge in [-0.2, -0.15) is 0 Å². The molecule has 3 amide bonds. The second kappa shape index (κ2) is 10.4. The maximum Gasteiger partial charge on any atom is 0.409 e. The molecule has 0 saturated carbocycles. The summed E-state index contributed by atoms with van der Waals surface area (Å²) in [5, 5.41) is 5.69. The fraction of sp³-hybridized carbons (Fsp3) is 0.208. The minimum atomic E-state index is -3.93. The number of para-hydroxylation sites is 1. The highest BCUT2D eigenvalue weighted by Gasteiger charge is 2.31. The fourth-order valence-electron chi connectivity index (χ4n) is 3.89. The van der Waals surface area contributed by atoms with Crippen LogP contribution in [0.4, 0.5) is 15.5 Å². The number of benzene rings is 2. The first-order valence-electron chi connectivity index (χ1n) is 10.9. The predicted octanol–water partition coefficient (Wildman–Crippen LogP) is 3.29. The quantitative estimate of drug-likeness (QED) is 0.450. The Kier molecular flexibility index (Phi) is 7.27. The smallest absolute Gasteiger partial charge is 0.409 e. The third-order valence-corrected chi connectivity index (χ3v) is 8.15. The third-order valence-electron chi connectivity index (χ3n) is 5.64. The molecule has 3 N–H and O–H groups in total. The van der Waals surface area contributed by atoms with Crippen molar-refractivity contribution in [1.82, 2.24) is 10.2 Å². The predicted molar refractivity (Wildman–Crippen MR) is 136 cm³/mol. The van der Waals surface area contributed by atoms with E-state index in [1.54, 1.807) is 30.3 Å². The number of amides is 3. The van der Waals surface area contributed by atoms with E-state index in [1.165, 1.54) is 54.7 Å². The van der Waals surface area contributed by atoms with Gasteiger partial charge in [-0.15, -0.1) is 11.3 Å². The van der Waals surface area contributed by atoms with Crippen LogP contribution < -0.4 is 15.4 Å². The standard InChI is InChI=1S/C24H24N4O6S2/c1-25-22(30)20-17-12-13-28(24(31)34-2)14-19(17)35-23(20)26-21(29)16-10-6-7-11-18(16)27-36(32,33)15-8-4-3-5-9-15/h3-11,27H,12-14H2,1-2H3,(H,25,30)(H,26,29). The van der Waals surface area contributed by atoms with E-state index in [4.69, 9.17) is 4.74 Å². The van der Waals surface area contributed by atoms with Crippen LogP contribution in [0.1, 0.15) is 31.2 Å². The average Bonchev–Trinajstić information content (AvgIpc) is 3.25. The van der Waals surface area contributed by atoms with Crippen molar-refractivity contribution < 1.29 is 27.5 Å². The summed E-state index contributed by atoms with van der Waals surface area (Å²) in [6, 6.07) is 14.0. The monoisotopic (exact) mass is 528 g/mol. The summed E-state index contributed by atoms with van der Waals surface area (Å²) in [6.07, 6.45) is -0.0479. The van der Waals surface area contributed by atoms with Gasteiger partial charge >= 0.3 is 6.09 Å². The third kappa shape index (κ3) is 5.04. The number of ether oxygens (including phenoxy) is 1. The summed E-state index contributed by atoms with van der Waals surface area (Å²) in [7, 11) is -1.13. The zero-order chi connectivity index (χ0) is 25.9. The molecule has 2 heterocycles. The largest absolute Gasteiger partial charge is 0.453 e. The van der Waals surface area contributed by atoms with Gasteiger partial charge in [-0.1, -0.05) is 30.3 Å². The molecule has 12 heteroatoms. The molecule has 1 aromatic heterocycles. The molecule has 0 radical (unpaired) electrons. The molecule has 0 bridgehead atoms. The number of hydrogen-bond donors (Lipinski definition) is 3. The number of sulfonamides is 1. The zero-order valence-electron chi connectivity index (χ0n) is 19.5. The topological polar surface area (TPSA) is 134 Å². The number of carbonyl (C=O) groups is 3. The molecule has 36 heavy (non-hydrogen) atoms. The lowest BCUT2D eigenvalue weighted by molar-refractivity contribution is 0.0962. The van der Waals surface area contributed by atoms with Crippen molar-refractivity contribution in [2.24, 2.45) is 0 Å². The van der Waals surface area contributed by atoms with Crippen LogP contribution in [0.25, 0.3) is 0 Å². The van der Waals surface area contributed by atoms with E-state index < -0.39 is 22.0 Å². The van der Waals surface area contributed by atoms with Gasteiger partial charge in [0.05, 0.1) is 35.4 Å². The molecule has 0 atom stereocenters. The lowest BCUT2D eigenvalue weighted by Crippen LogP contribution is -2.35. The molecule has 0 fully saturated rings. The molecule has 4 rings (SSSR count). The molecule has 10 nitrogen and oxygen atoms in total. The highest BCUT2D eigenvalue weighted by atomic mass is 32.2. The lowest BCUT2D eigenvalue weighted by atomic mass is 10.0. The van der Waals surface area contributed by atoms with E-state index in [0.717, 1.165) is 10.4 Å². The zero-order valence-corrected chi connectivity index (χ0v) is 21.2. The lowest BCUT2D eigenvalue weighted by Gasteiger charge is -2.25. The fourth-order valence-corrected chi connectivity index (χ4v) is 6.24. The molecule has 0 unspecified atom stereocenters. The van der Waals surface area contributed by atoms with E-state index in [0.29, 0.717) is 23.5 Å². The van der Waals surface area contributed by atoms with E-state index in [2.05, 4.69) is 15.4 Å². The number of rotatable bonds is 6. The van der Waals surface area contributed by atoms with Crippen LogP contribution in [0, 0.1) is 0 Å². The average molecular weight is 529 g/mol. The minimum absolute atomic E-state index is 0.0585. The highest BCUT2D eigenvalue weighted by Crippen LogP contribution is 2.38. The Morgan fingerprint density at radius 1 is 1.00 bits per heavy atom. The summed E-state index contributed by atoms with van der Waals surface area (Å²) in [4.78, 5) is 40.3. The van der Waals surface area contributed by atoms with E-state index in [9.17, 15) is 22.8 Å². The highest BCUT2D eigenvalue weighted by molar-refractivity contribution is 7.92. The van der Waals surface area contributed by atoms with Gasteiger partial charge in [-0.05, 0) is 36.2 Å². The Morgan fingerprint density at radius 2 is 1.69 bits per heavy atom. The molecule has 0 saturated heterocycles. The number of nitrogens with zero attached hydrogens (tertiary/aromatic N) is 1. The summed E-state index contributed by atoms with van der Waals surface area (Å²) in [5.74, 6) is -0.956. The number of methoxy groups -OCH3 is 1. The number of nitrogens with one attached hydrogen (secondary N) is 3. The number of fused-ring (bicyclic) bond motifs is 1. The van der Waals surface area contributed by atoms with Crippen LogP contribution in [0.5, 0.6) is 0 Å². The van der Waals surface area contributed by atoms with E-state index >= 15 is 0 Å². The van der Waals surface area contributed by atoms with Crippen LogP contribution in [-0.4, -0.2) is 51.9 Å². The van der Waals surface area contributed by atoms with Gasteiger partial charge in [-0.25, -0.2) is 13.2 Å². The normalized spacial score (nSPS) is 12.9. The van der Waals surface area contributed by atoms with Crippen LogP contribution in [0.15, 0.2) is 59.5 Å². The molecule has 1 aliphatic heterocycles. The van der Waals surface area contributed by atoms with Gasteiger partial charge in [0.2, 0.25) is 0 Å². The van der Waals surface area contributed by atoms with Crippen molar-refractivity contribution in [3.8, 4) is 0 Å². The SMILES string of the molecule is CNC(=O)c1c(NC(=O)c2ccccc2NS(=O)(=O)c2ccccc2)sc2c1CCN(C(=O)OC)C2. The van der Waals surface area contributed by atoms with Crippen LogP contribution in [-0.2, 0) is 27.7 Å². The van der Waals surface area contributed by atoms with Crippen molar-refractivity contribution in [3.05, 3.63) is 76.2 Å². The summed E-state index contributed by atoms with van der Waals surface area (Å²) >= 11 is 1.20. The second-order valence-corrected chi connectivity index (χ2v) is 10.6. The molecular formula is C24H24N4O6S2. The summed E-state index contributed by atoms with van der Waals surface area (Å²) < 4.78 is 32.9.